The first-order valence-corrected chi connectivity index (χ1v) is 5.02. The molecule has 0 amide bonds. The lowest BCUT2D eigenvalue weighted by molar-refractivity contribution is -0.139. The minimum absolute atomic E-state index is 0.0744. The zero-order chi connectivity index (χ0) is 10.3. The first-order chi connectivity index (χ1) is 6.55. The third kappa shape index (κ3) is 1.34. The van der Waals surface area contributed by atoms with E-state index < -0.39 is 17.6 Å². The molecular weight excluding hydrogens is 251 g/mol. The Morgan fingerprint density at radius 1 is 1.57 bits per heavy atom. The molecule has 1 N–H and O–H groups in total. The fourth-order valence-corrected chi connectivity index (χ4v) is 2.23. The summed E-state index contributed by atoms with van der Waals surface area (Å²) < 4.78 is 14.6. The lowest BCUT2D eigenvalue weighted by atomic mass is 10.1. The van der Waals surface area contributed by atoms with Crippen LogP contribution < -0.4 is 0 Å². The van der Waals surface area contributed by atoms with E-state index in [0.717, 1.165) is 0 Å². The van der Waals surface area contributed by atoms with Crippen molar-refractivity contribution in [3.8, 4) is 0 Å². The Hall–Kier alpha value is -0.900. The van der Waals surface area contributed by atoms with Gasteiger partial charge in [-0.15, -0.1) is 0 Å². The minimum Gasteiger partial charge on any atom is -0.481 e. The van der Waals surface area contributed by atoms with Gasteiger partial charge in [-0.3, -0.25) is 4.79 Å². The Balaban J connectivity index is 2.34. The average molecular weight is 259 g/mol. The van der Waals surface area contributed by atoms with Crippen molar-refractivity contribution in [2.24, 2.45) is 5.92 Å². The van der Waals surface area contributed by atoms with E-state index in [1.165, 1.54) is 0 Å². The number of alkyl halides is 1. The summed E-state index contributed by atoms with van der Waals surface area (Å²) in [6.07, 6.45) is 0.0744. The van der Waals surface area contributed by atoms with Gasteiger partial charge in [0.2, 0.25) is 0 Å². The van der Waals surface area contributed by atoms with E-state index in [0.29, 0.717) is 10.0 Å². The van der Waals surface area contributed by atoms with Crippen LogP contribution in [0.15, 0.2) is 28.7 Å². The van der Waals surface area contributed by atoms with Crippen LogP contribution in [0.5, 0.6) is 0 Å². The molecule has 14 heavy (non-hydrogen) atoms. The van der Waals surface area contributed by atoms with Gasteiger partial charge in [0, 0.05) is 16.5 Å². The van der Waals surface area contributed by atoms with E-state index in [1.807, 2.05) is 0 Å². The van der Waals surface area contributed by atoms with E-state index in [9.17, 15) is 9.18 Å². The largest absolute Gasteiger partial charge is 0.481 e. The molecule has 0 bridgehead atoms. The molecule has 1 aliphatic carbocycles. The summed E-state index contributed by atoms with van der Waals surface area (Å²) in [5.41, 5.74) is -1.24. The van der Waals surface area contributed by atoms with Gasteiger partial charge < -0.3 is 5.11 Å². The number of hydrogen-bond donors (Lipinski definition) is 1. The molecule has 1 fully saturated rings. The second-order valence-electron chi connectivity index (χ2n) is 3.44. The summed E-state index contributed by atoms with van der Waals surface area (Å²) in [6.45, 7) is 0. The summed E-state index contributed by atoms with van der Waals surface area (Å²) in [5, 5.41) is 8.69. The average Bonchev–Trinajstić information content (AvgIpc) is 2.80. The number of halogens is 2. The molecule has 0 spiro atoms. The highest BCUT2D eigenvalue weighted by Crippen LogP contribution is 2.57. The first-order valence-electron chi connectivity index (χ1n) is 4.22. The highest BCUT2D eigenvalue weighted by molar-refractivity contribution is 9.10. The van der Waals surface area contributed by atoms with Crippen molar-refractivity contribution >= 4 is 21.9 Å². The fourth-order valence-electron chi connectivity index (χ4n) is 1.62. The van der Waals surface area contributed by atoms with Gasteiger partial charge >= 0.3 is 5.97 Å². The predicted octanol–water partition coefficient (Wildman–Crippen LogP) is 2.72. The molecular formula is C10H8BrFO2. The molecule has 4 heteroatoms. The second kappa shape index (κ2) is 3.05. The van der Waals surface area contributed by atoms with Gasteiger partial charge in [0.25, 0.3) is 0 Å². The molecule has 74 valence electrons. The Morgan fingerprint density at radius 3 is 2.71 bits per heavy atom. The number of aliphatic carboxylic acids is 1. The Kier molecular flexibility index (Phi) is 2.10. The topological polar surface area (TPSA) is 37.3 Å². The monoisotopic (exact) mass is 258 g/mol. The van der Waals surface area contributed by atoms with Crippen molar-refractivity contribution in [2.75, 3.05) is 0 Å². The van der Waals surface area contributed by atoms with E-state index in [2.05, 4.69) is 15.9 Å². The van der Waals surface area contributed by atoms with Crippen molar-refractivity contribution in [1.82, 2.24) is 0 Å². The summed E-state index contributed by atoms with van der Waals surface area (Å²) >= 11 is 3.22. The lowest BCUT2D eigenvalue weighted by Gasteiger charge is -2.08. The van der Waals surface area contributed by atoms with Gasteiger partial charge in [0.1, 0.15) is 0 Å². The number of rotatable bonds is 2. The third-order valence-corrected chi connectivity index (χ3v) is 3.20. The molecule has 2 atom stereocenters. The Bertz CT molecular complexity index is 393. The van der Waals surface area contributed by atoms with Crippen molar-refractivity contribution < 1.29 is 14.3 Å². The molecule has 2 nitrogen and oxygen atoms in total. The van der Waals surface area contributed by atoms with Gasteiger partial charge in [-0.2, -0.15) is 0 Å². The molecule has 0 heterocycles. The summed E-state index contributed by atoms with van der Waals surface area (Å²) in [4.78, 5) is 10.6. The Morgan fingerprint density at radius 2 is 2.21 bits per heavy atom. The SMILES string of the molecule is O=C(O)C1CC1(F)c1ccccc1Br. The highest BCUT2D eigenvalue weighted by atomic mass is 79.9. The normalized spacial score (nSPS) is 30.0. The van der Waals surface area contributed by atoms with Crippen LogP contribution in [0.3, 0.4) is 0 Å². The molecule has 1 aromatic rings. The quantitative estimate of drug-likeness (QED) is 0.886. The van der Waals surface area contributed by atoms with Crippen LogP contribution in [0.1, 0.15) is 12.0 Å². The number of carbonyl (C=O) groups is 1. The zero-order valence-electron chi connectivity index (χ0n) is 7.21. The molecule has 2 unspecified atom stereocenters. The second-order valence-corrected chi connectivity index (χ2v) is 4.29. The van der Waals surface area contributed by atoms with Crippen molar-refractivity contribution in [3.05, 3.63) is 34.3 Å². The Labute approximate surface area is 88.9 Å². The molecule has 1 aliphatic rings. The lowest BCUT2D eigenvalue weighted by Crippen LogP contribution is -2.10. The predicted molar refractivity (Wildman–Crippen MR) is 52.7 cm³/mol. The summed E-state index contributed by atoms with van der Waals surface area (Å²) in [5.74, 6) is -1.95. The maximum absolute atomic E-state index is 14.0. The number of hydrogen-bond acceptors (Lipinski definition) is 1. The zero-order valence-corrected chi connectivity index (χ0v) is 8.79. The number of benzene rings is 1. The van der Waals surface area contributed by atoms with Crippen LogP contribution in [-0.4, -0.2) is 11.1 Å². The highest BCUT2D eigenvalue weighted by Gasteiger charge is 2.61. The molecule has 0 aliphatic heterocycles. The van der Waals surface area contributed by atoms with Crippen LogP contribution in [0, 0.1) is 5.92 Å². The summed E-state index contributed by atoms with van der Waals surface area (Å²) in [6, 6.07) is 6.81. The molecule has 1 saturated carbocycles. The van der Waals surface area contributed by atoms with E-state index in [4.69, 9.17) is 5.11 Å². The van der Waals surface area contributed by atoms with Crippen molar-refractivity contribution in [2.45, 2.75) is 12.1 Å². The van der Waals surface area contributed by atoms with Crippen LogP contribution in [-0.2, 0) is 10.5 Å². The molecule has 0 saturated heterocycles. The maximum Gasteiger partial charge on any atom is 0.310 e. The van der Waals surface area contributed by atoms with Crippen LogP contribution in [0.2, 0.25) is 0 Å². The van der Waals surface area contributed by atoms with Crippen LogP contribution >= 0.6 is 15.9 Å². The molecule has 0 aromatic heterocycles. The number of carboxylic acids is 1. The third-order valence-electron chi connectivity index (χ3n) is 2.51. The molecule has 1 aromatic carbocycles. The van der Waals surface area contributed by atoms with Gasteiger partial charge in [-0.1, -0.05) is 34.1 Å². The standard InChI is InChI=1S/C10H8BrFO2/c11-8-4-2-1-3-6(8)10(12)5-7(10)9(13)14/h1-4,7H,5H2,(H,13,14). The van der Waals surface area contributed by atoms with Crippen LogP contribution in [0.4, 0.5) is 4.39 Å². The minimum atomic E-state index is -1.67. The van der Waals surface area contributed by atoms with Gasteiger partial charge in [0.15, 0.2) is 5.67 Å². The van der Waals surface area contributed by atoms with Crippen LogP contribution in [0.25, 0.3) is 0 Å². The maximum atomic E-state index is 14.0. The molecule has 0 radical (unpaired) electrons. The van der Waals surface area contributed by atoms with Gasteiger partial charge in [-0.25, -0.2) is 4.39 Å². The van der Waals surface area contributed by atoms with Gasteiger partial charge in [0.05, 0.1) is 5.92 Å². The van der Waals surface area contributed by atoms with E-state index >= 15 is 0 Å². The fraction of sp³-hybridized carbons (Fsp3) is 0.300. The van der Waals surface area contributed by atoms with Crippen molar-refractivity contribution in [1.29, 1.82) is 0 Å². The van der Waals surface area contributed by atoms with Crippen molar-refractivity contribution in [3.63, 3.8) is 0 Å². The van der Waals surface area contributed by atoms with E-state index in [1.54, 1.807) is 24.3 Å². The summed E-state index contributed by atoms with van der Waals surface area (Å²) in [7, 11) is 0. The first kappa shape index (κ1) is 9.65. The molecule has 2 rings (SSSR count). The smallest absolute Gasteiger partial charge is 0.310 e. The van der Waals surface area contributed by atoms with E-state index in [-0.39, 0.29) is 6.42 Å². The number of carboxylic acid groups (broad SMARTS) is 1. The van der Waals surface area contributed by atoms with Gasteiger partial charge in [-0.05, 0) is 6.07 Å².